The number of carbonyl (C=O) groups is 1. The van der Waals surface area contributed by atoms with E-state index in [1.54, 1.807) is 11.3 Å². The van der Waals surface area contributed by atoms with Gasteiger partial charge in [-0.15, -0.1) is 11.3 Å². The summed E-state index contributed by atoms with van der Waals surface area (Å²) < 4.78 is 0.813. The molecule has 1 saturated heterocycles. The number of piperazine rings is 1. The van der Waals surface area contributed by atoms with Gasteiger partial charge in [-0.05, 0) is 36.2 Å². The summed E-state index contributed by atoms with van der Waals surface area (Å²) in [6.45, 7) is 3.54. The van der Waals surface area contributed by atoms with Gasteiger partial charge in [0.15, 0.2) is 0 Å². The molecular weight excluding hydrogens is 382 g/mol. The first-order chi connectivity index (χ1) is 13.1. The van der Waals surface area contributed by atoms with Crippen LogP contribution in [0.2, 0.25) is 4.34 Å². The van der Waals surface area contributed by atoms with E-state index in [4.69, 9.17) is 17.3 Å². The second kappa shape index (κ2) is 7.80. The molecule has 1 fully saturated rings. The van der Waals surface area contributed by atoms with E-state index in [1.807, 2.05) is 29.2 Å². The summed E-state index contributed by atoms with van der Waals surface area (Å²) in [5, 5.41) is 0.839. The zero-order chi connectivity index (χ0) is 18.8. The highest BCUT2D eigenvalue weighted by atomic mass is 35.5. The number of halogens is 1. The zero-order valence-corrected chi connectivity index (χ0v) is 16.3. The zero-order valence-electron chi connectivity index (χ0n) is 14.8. The molecule has 2 N–H and O–H groups in total. The second-order valence-corrected chi connectivity index (χ2v) is 8.46. The molecule has 0 atom stereocenters. The van der Waals surface area contributed by atoms with E-state index < -0.39 is 0 Å². The lowest BCUT2D eigenvalue weighted by Gasteiger charge is -2.34. The lowest BCUT2D eigenvalue weighted by Crippen LogP contribution is -2.50. The molecule has 2 aromatic heterocycles. The Morgan fingerprint density at radius 3 is 2.85 bits per heavy atom. The normalized spacial score (nSPS) is 15.6. The van der Waals surface area contributed by atoms with Gasteiger partial charge in [0.05, 0.1) is 16.4 Å². The van der Waals surface area contributed by atoms with Crippen LogP contribution >= 0.6 is 22.9 Å². The van der Waals surface area contributed by atoms with Crippen molar-refractivity contribution in [2.24, 2.45) is 0 Å². The van der Waals surface area contributed by atoms with Crippen LogP contribution < -0.4 is 5.73 Å². The highest BCUT2D eigenvalue weighted by Gasteiger charge is 2.23. The predicted octanol–water partition coefficient (Wildman–Crippen LogP) is 2.81. The number of fused-ring (bicyclic) bond motifs is 1. The maximum absolute atomic E-state index is 12.6. The Morgan fingerprint density at radius 1 is 1.19 bits per heavy atom. The van der Waals surface area contributed by atoms with Crippen molar-refractivity contribution in [2.45, 2.75) is 13.0 Å². The van der Waals surface area contributed by atoms with E-state index in [0.29, 0.717) is 18.9 Å². The number of thiophene rings is 1. The smallest absolute Gasteiger partial charge is 0.237 e. The van der Waals surface area contributed by atoms with Gasteiger partial charge >= 0.3 is 0 Å². The second-order valence-electron chi connectivity index (χ2n) is 6.66. The Hall–Kier alpha value is -2.22. The van der Waals surface area contributed by atoms with Crippen molar-refractivity contribution in [2.75, 3.05) is 31.9 Å². The number of carbonyl (C=O) groups excluding carboxylic acids is 1. The topological polar surface area (TPSA) is 75.3 Å². The van der Waals surface area contributed by atoms with Gasteiger partial charge in [0.1, 0.15) is 12.1 Å². The van der Waals surface area contributed by atoms with Gasteiger partial charge in [0, 0.05) is 36.4 Å². The molecule has 27 heavy (non-hydrogen) atoms. The minimum atomic E-state index is 0.160. The molecule has 0 unspecified atom stereocenters. The molecule has 1 aliphatic rings. The number of nitrogen functional groups attached to an aromatic ring is 1. The van der Waals surface area contributed by atoms with Crippen LogP contribution in [0.5, 0.6) is 0 Å². The van der Waals surface area contributed by atoms with Crippen LogP contribution in [-0.4, -0.2) is 51.9 Å². The van der Waals surface area contributed by atoms with E-state index in [-0.39, 0.29) is 5.91 Å². The highest BCUT2D eigenvalue weighted by molar-refractivity contribution is 7.16. The average molecular weight is 402 g/mol. The van der Waals surface area contributed by atoms with Crippen molar-refractivity contribution in [3.8, 4) is 0 Å². The van der Waals surface area contributed by atoms with Gasteiger partial charge < -0.3 is 10.6 Å². The predicted molar refractivity (Wildman–Crippen MR) is 109 cm³/mol. The molecule has 140 valence electrons. The molecule has 1 amide bonds. The molecular formula is C19H20ClN5OS. The molecule has 0 saturated carbocycles. The molecule has 0 bridgehead atoms. The quantitative estimate of drug-likeness (QED) is 0.711. The fourth-order valence-corrected chi connectivity index (χ4v) is 4.39. The maximum Gasteiger partial charge on any atom is 0.237 e. The molecule has 0 spiro atoms. The van der Waals surface area contributed by atoms with Gasteiger partial charge in [0.2, 0.25) is 5.91 Å². The summed E-state index contributed by atoms with van der Waals surface area (Å²) in [6, 6.07) is 9.87. The number of hydrogen-bond acceptors (Lipinski definition) is 6. The van der Waals surface area contributed by atoms with Crippen molar-refractivity contribution in [3.63, 3.8) is 0 Å². The van der Waals surface area contributed by atoms with Crippen LogP contribution in [0.3, 0.4) is 0 Å². The van der Waals surface area contributed by atoms with Crippen molar-refractivity contribution in [1.82, 2.24) is 19.8 Å². The lowest BCUT2D eigenvalue weighted by molar-refractivity contribution is -0.136. The molecule has 4 rings (SSSR count). The summed E-state index contributed by atoms with van der Waals surface area (Å²) in [6.07, 6.45) is 2.39. The van der Waals surface area contributed by atoms with E-state index in [1.165, 1.54) is 11.2 Å². The molecule has 3 aromatic rings. The number of benzene rings is 1. The van der Waals surface area contributed by atoms with Crippen LogP contribution in [0.4, 0.5) is 5.82 Å². The van der Waals surface area contributed by atoms with E-state index in [9.17, 15) is 4.79 Å². The molecule has 0 aliphatic carbocycles. The number of nitrogens with two attached hydrogens (primary N) is 1. The SMILES string of the molecule is Nc1ncnc2cc(CN3CCN(CCc4ccc(Cl)s4)CC3=O)ccc12. The molecule has 1 aliphatic heterocycles. The van der Waals surface area contributed by atoms with Crippen LogP contribution in [0, 0.1) is 0 Å². The molecule has 3 heterocycles. The van der Waals surface area contributed by atoms with Gasteiger partial charge in [0.25, 0.3) is 0 Å². The van der Waals surface area contributed by atoms with Gasteiger partial charge in [-0.25, -0.2) is 9.97 Å². The standard InChI is InChI=1S/C19H20ClN5OS/c20-17-4-2-14(27-17)5-6-24-7-8-25(18(26)11-24)10-13-1-3-15-16(9-13)22-12-23-19(15)21/h1-4,9,12H,5-8,10-11H2,(H2,21,22,23). The first kappa shape index (κ1) is 18.2. The van der Waals surface area contributed by atoms with Crippen molar-refractivity contribution in [3.05, 3.63) is 51.4 Å². The largest absolute Gasteiger partial charge is 0.383 e. The molecule has 6 nitrogen and oxygen atoms in total. The summed E-state index contributed by atoms with van der Waals surface area (Å²) >= 11 is 7.58. The average Bonchev–Trinajstić information content (AvgIpc) is 3.07. The third-order valence-corrected chi connectivity index (χ3v) is 6.10. The number of hydrogen-bond donors (Lipinski definition) is 1. The summed E-state index contributed by atoms with van der Waals surface area (Å²) in [4.78, 5) is 26.2. The van der Waals surface area contributed by atoms with Crippen molar-refractivity contribution < 1.29 is 4.79 Å². The van der Waals surface area contributed by atoms with Crippen LogP contribution in [0.25, 0.3) is 10.9 Å². The van der Waals surface area contributed by atoms with Crippen LogP contribution in [-0.2, 0) is 17.8 Å². The molecule has 1 aromatic carbocycles. The van der Waals surface area contributed by atoms with Crippen molar-refractivity contribution in [1.29, 1.82) is 0 Å². The third kappa shape index (κ3) is 4.21. The lowest BCUT2D eigenvalue weighted by atomic mass is 10.1. The Balaban J connectivity index is 1.35. The minimum Gasteiger partial charge on any atom is -0.383 e. The number of amides is 1. The Labute approximate surface area is 166 Å². The molecule has 8 heteroatoms. The minimum absolute atomic E-state index is 0.160. The summed E-state index contributed by atoms with van der Waals surface area (Å²) in [5.74, 6) is 0.635. The fourth-order valence-electron chi connectivity index (χ4n) is 3.31. The monoisotopic (exact) mass is 401 g/mol. The number of rotatable bonds is 5. The highest BCUT2D eigenvalue weighted by Crippen LogP contribution is 2.22. The van der Waals surface area contributed by atoms with E-state index in [0.717, 1.165) is 46.9 Å². The third-order valence-electron chi connectivity index (χ3n) is 4.81. The van der Waals surface area contributed by atoms with Gasteiger partial charge in [-0.2, -0.15) is 0 Å². The van der Waals surface area contributed by atoms with Gasteiger partial charge in [-0.3, -0.25) is 9.69 Å². The number of anilines is 1. The Morgan fingerprint density at radius 2 is 2.07 bits per heavy atom. The number of nitrogens with zero attached hydrogens (tertiary/aromatic N) is 4. The van der Waals surface area contributed by atoms with Crippen LogP contribution in [0.1, 0.15) is 10.4 Å². The Bertz CT molecular complexity index is 976. The summed E-state index contributed by atoms with van der Waals surface area (Å²) in [7, 11) is 0. The summed E-state index contributed by atoms with van der Waals surface area (Å²) in [5.41, 5.74) is 7.73. The first-order valence-electron chi connectivity index (χ1n) is 8.82. The number of aromatic nitrogens is 2. The maximum atomic E-state index is 12.6. The van der Waals surface area contributed by atoms with E-state index in [2.05, 4.69) is 20.9 Å². The molecule has 0 radical (unpaired) electrons. The first-order valence-corrected chi connectivity index (χ1v) is 10.0. The van der Waals surface area contributed by atoms with Crippen molar-refractivity contribution >= 4 is 45.6 Å². The van der Waals surface area contributed by atoms with Crippen LogP contribution in [0.15, 0.2) is 36.7 Å². The fraction of sp³-hybridized carbons (Fsp3) is 0.316. The van der Waals surface area contributed by atoms with E-state index >= 15 is 0 Å². The van der Waals surface area contributed by atoms with Gasteiger partial charge in [-0.1, -0.05) is 17.7 Å². The Kier molecular flexibility index (Phi) is 5.24.